The zero-order chi connectivity index (χ0) is 12.8. The van der Waals surface area contributed by atoms with E-state index in [2.05, 4.69) is 0 Å². The van der Waals surface area contributed by atoms with Crippen LogP contribution in [0.4, 0.5) is 0 Å². The number of hydrogen-bond donors (Lipinski definition) is 2. The van der Waals surface area contributed by atoms with E-state index in [0.29, 0.717) is 0 Å². The van der Waals surface area contributed by atoms with Crippen LogP contribution < -0.4 is 0 Å². The third-order valence-corrected chi connectivity index (χ3v) is 3.56. The van der Waals surface area contributed by atoms with Gasteiger partial charge in [-0.3, -0.25) is 0 Å². The van der Waals surface area contributed by atoms with E-state index >= 15 is 0 Å². The lowest BCUT2D eigenvalue weighted by Gasteiger charge is -2.36. The van der Waals surface area contributed by atoms with Gasteiger partial charge in [0.15, 0.2) is 0 Å². The van der Waals surface area contributed by atoms with Gasteiger partial charge in [0.05, 0.1) is 12.2 Å². The summed E-state index contributed by atoms with van der Waals surface area (Å²) < 4.78 is 14.0. The van der Waals surface area contributed by atoms with Crippen LogP contribution in [0.25, 0.3) is 0 Å². The van der Waals surface area contributed by atoms with Gasteiger partial charge >= 0.3 is 0 Å². The first-order chi connectivity index (χ1) is 7.84. The second-order valence-corrected chi connectivity index (χ2v) is 6.51. The molecule has 2 rings (SSSR count). The molecule has 17 heavy (non-hydrogen) atoms. The van der Waals surface area contributed by atoms with Gasteiger partial charge in [0.1, 0.15) is 18.3 Å². The molecule has 2 aliphatic rings. The Hall–Kier alpha value is 0.670. The van der Waals surface area contributed by atoms with Crippen LogP contribution >= 0.6 is 34.8 Å². The summed E-state index contributed by atoms with van der Waals surface area (Å²) in [5.41, 5.74) is 0. The Labute approximate surface area is 113 Å². The lowest BCUT2D eigenvalue weighted by atomic mass is 9.87. The Morgan fingerprint density at radius 1 is 1.18 bits per heavy atom. The zero-order valence-corrected chi connectivity index (χ0v) is 11.2. The van der Waals surface area contributed by atoms with Crippen molar-refractivity contribution in [3.05, 3.63) is 0 Å². The number of alkyl halides is 3. The van der Waals surface area contributed by atoms with Crippen LogP contribution in [0.2, 0.25) is 0 Å². The van der Waals surface area contributed by atoms with Crippen molar-refractivity contribution >= 4 is 34.8 Å². The molecule has 0 radical (unpaired) electrons. The molecule has 0 amide bonds. The van der Waals surface area contributed by atoms with Crippen LogP contribution in [0.5, 0.6) is 0 Å². The third-order valence-electron chi connectivity index (χ3n) is 3.03. The second-order valence-electron chi connectivity index (χ2n) is 4.14. The maximum atomic E-state index is 9.97. The molecule has 100 valence electrons. The zero-order valence-electron chi connectivity index (χ0n) is 8.92. The lowest BCUT2D eigenvalue weighted by Crippen LogP contribution is -2.54. The molecule has 1 heterocycles. The van der Waals surface area contributed by atoms with Crippen molar-refractivity contribution in [2.75, 3.05) is 7.11 Å². The van der Waals surface area contributed by atoms with Gasteiger partial charge in [-0.25, -0.2) is 0 Å². The number of methoxy groups -OCH3 is 1. The highest BCUT2D eigenvalue weighted by molar-refractivity contribution is 6.67. The number of aliphatic hydroxyl groups is 2. The quantitative estimate of drug-likeness (QED) is 0.695. The average Bonchev–Trinajstić information content (AvgIpc) is 2.68. The summed E-state index contributed by atoms with van der Waals surface area (Å²) in [6.45, 7) is 0. The maximum absolute atomic E-state index is 9.97. The summed E-state index contributed by atoms with van der Waals surface area (Å²) in [6, 6.07) is 0. The minimum atomic E-state index is -1.76. The minimum absolute atomic E-state index is 0.245. The van der Waals surface area contributed by atoms with Crippen LogP contribution in [-0.2, 0) is 14.2 Å². The lowest BCUT2D eigenvalue weighted by molar-refractivity contribution is -0.144. The molecule has 0 aromatic rings. The highest BCUT2D eigenvalue weighted by Crippen LogP contribution is 2.42. The van der Waals surface area contributed by atoms with E-state index in [1.54, 1.807) is 0 Å². The van der Waals surface area contributed by atoms with Gasteiger partial charge in [-0.15, -0.1) is 0 Å². The van der Waals surface area contributed by atoms with Crippen molar-refractivity contribution in [3.8, 4) is 0 Å². The fourth-order valence-corrected chi connectivity index (χ4v) is 2.48. The molecule has 1 saturated carbocycles. The van der Waals surface area contributed by atoms with Crippen LogP contribution in [-0.4, -0.2) is 57.9 Å². The number of fused-ring (bicyclic) bond motifs is 1. The van der Waals surface area contributed by atoms with Gasteiger partial charge in [0.25, 0.3) is 0 Å². The Bertz CT molecular complexity index is 284. The number of ether oxygens (including phenoxy) is 3. The van der Waals surface area contributed by atoms with Crippen molar-refractivity contribution in [2.45, 2.75) is 47.0 Å². The van der Waals surface area contributed by atoms with Crippen LogP contribution in [0, 0.1) is 0 Å². The molecule has 0 spiro atoms. The van der Waals surface area contributed by atoms with E-state index < -0.39 is 40.6 Å². The third kappa shape index (κ3) is 2.67. The molecule has 2 fully saturated rings. The average molecular weight is 308 g/mol. The molecular weight excluding hydrogens is 294 g/mol. The molecule has 1 saturated heterocycles. The molecule has 0 aromatic heterocycles. The molecule has 0 bridgehead atoms. The summed E-state index contributed by atoms with van der Waals surface area (Å²) in [4.78, 5) is 0. The fourth-order valence-electron chi connectivity index (χ4n) is 2.17. The number of hydrogen-bond acceptors (Lipinski definition) is 5. The Balaban J connectivity index is 2.13. The molecule has 5 nitrogen and oxygen atoms in total. The van der Waals surface area contributed by atoms with Gasteiger partial charge < -0.3 is 24.4 Å². The molecular formula is C9H13Cl3O5. The molecule has 1 unspecified atom stereocenters. The summed E-state index contributed by atoms with van der Waals surface area (Å²) in [5.74, 6) is 0. The molecule has 6 atom stereocenters. The van der Waals surface area contributed by atoms with E-state index in [9.17, 15) is 10.2 Å². The van der Waals surface area contributed by atoms with Crippen molar-refractivity contribution in [2.24, 2.45) is 0 Å². The highest BCUT2D eigenvalue weighted by Gasteiger charge is 2.55. The standard InChI is InChI=1S/C9H13Cl3O5/c1-15-4-2-3(13)6-7(5(4)14)17-8(16-6)9(10,11)12/h3-8,13-14H,2H2,1H3/t3-,4+,5+,6+,7-,8?/m1/s1. The summed E-state index contributed by atoms with van der Waals surface area (Å²) in [7, 11) is 1.45. The molecule has 1 aliphatic heterocycles. The second kappa shape index (κ2) is 4.98. The van der Waals surface area contributed by atoms with Gasteiger partial charge in [-0.2, -0.15) is 0 Å². The van der Waals surface area contributed by atoms with Crippen molar-refractivity contribution in [1.82, 2.24) is 0 Å². The smallest absolute Gasteiger partial charge is 0.240 e. The van der Waals surface area contributed by atoms with Crippen LogP contribution in [0.15, 0.2) is 0 Å². The topological polar surface area (TPSA) is 68.2 Å². The predicted molar refractivity (Wildman–Crippen MR) is 61.3 cm³/mol. The normalized spacial score (nSPS) is 46.9. The van der Waals surface area contributed by atoms with E-state index in [0.717, 1.165) is 0 Å². The number of rotatable bonds is 1. The summed E-state index contributed by atoms with van der Waals surface area (Å²) >= 11 is 17.0. The van der Waals surface area contributed by atoms with Gasteiger partial charge in [0, 0.05) is 13.5 Å². The summed E-state index contributed by atoms with van der Waals surface area (Å²) in [5, 5.41) is 19.8. The first-order valence-electron chi connectivity index (χ1n) is 5.11. The summed E-state index contributed by atoms with van der Waals surface area (Å²) in [6.07, 6.45) is -4.61. The molecule has 1 aliphatic carbocycles. The largest absolute Gasteiger partial charge is 0.390 e. The number of halogens is 3. The molecule has 2 N–H and O–H groups in total. The van der Waals surface area contributed by atoms with E-state index in [1.807, 2.05) is 0 Å². The highest BCUT2D eigenvalue weighted by atomic mass is 35.6. The Kier molecular flexibility index (Phi) is 4.13. The monoisotopic (exact) mass is 306 g/mol. The van der Waals surface area contributed by atoms with Crippen molar-refractivity contribution in [3.63, 3.8) is 0 Å². The first-order valence-corrected chi connectivity index (χ1v) is 6.24. The van der Waals surface area contributed by atoms with E-state index in [1.165, 1.54) is 7.11 Å². The van der Waals surface area contributed by atoms with Gasteiger partial charge in [0.2, 0.25) is 10.1 Å². The SMILES string of the molecule is CO[C@H]1C[C@@H](O)[C@@H]2OC(C(Cl)(Cl)Cl)O[C@@H]2[C@H]1O. The van der Waals surface area contributed by atoms with Crippen molar-refractivity contribution < 1.29 is 24.4 Å². The number of aliphatic hydroxyl groups excluding tert-OH is 2. The first kappa shape index (κ1) is 14.1. The Morgan fingerprint density at radius 2 is 1.76 bits per heavy atom. The fraction of sp³-hybridized carbons (Fsp3) is 1.00. The minimum Gasteiger partial charge on any atom is -0.390 e. The van der Waals surface area contributed by atoms with E-state index in [4.69, 9.17) is 49.0 Å². The maximum Gasteiger partial charge on any atom is 0.240 e. The van der Waals surface area contributed by atoms with Crippen LogP contribution in [0.3, 0.4) is 0 Å². The van der Waals surface area contributed by atoms with Gasteiger partial charge in [-0.1, -0.05) is 34.8 Å². The van der Waals surface area contributed by atoms with Crippen LogP contribution in [0.1, 0.15) is 6.42 Å². The predicted octanol–water partition coefficient (Wildman–Crippen LogP) is 0.607. The van der Waals surface area contributed by atoms with Gasteiger partial charge in [-0.05, 0) is 0 Å². The van der Waals surface area contributed by atoms with Crippen molar-refractivity contribution in [1.29, 1.82) is 0 Å². The molecule has 8 heteroatoms. The Morgan fingerprint density at radius 3 is 2.29 bits per heavy atom. The molecule has 0 aromatic carbocycles. The van der Waals surface area contributed by atoms with E-state index in [-0.39, 0.29) is 6.42 Å².